The van der Waals surface area contributed by atoms with Crippen LogP contribution in [-0.2, 0) is 5.41 Å². The van der Waals surface area contributed by atoms with Crippen LogP contribution in [0.2, 0.25) is 5.15 Å². The van der Waals surface area contributed by atoms with Gasteiger partial charge >= 0.3 is 0 Å². The zero-order valence-corrected chi connectivity index (χ0v) is 14.7. The highest BCUT2D eigenvalue weighted by Crippen LogP contribution is 2.37. The van der Waals surface area contributed by atoms with Gasteiger partial charge in [0.15, 0.2) is 0 Å². The minimum Gasteiger partial charge on any atom is -0.456 e. The molecule has 0 N–H and O–H groups in total. The average molecular weight is 318 g/mol. The summed E-state index contributed by atoms with van der Waals surface area (Å²) in [6, 6.07) is 11.8. The minimum absolute atomic E-state index is 0.138. The summed E-state index contributed by atoms with van der Waals surface area (Å²) in [7, 11) is 0. The predicted octanol–water partition coefficient (Wildman–Crippen LogP) is 6.24. The molecule has 2 aromatic rings. The lowest BCUT2D eigenvalue weighted by atomic mass is 9.72. The zero-order valence-electron chi connectivity index (χ0n) is 14.0. The number of nitrogens with zero attached hydrogens (tertiary/aromatic N) is 1. The third kappa shape index (κ3) is 4.74. The monoisotopic (exact) mass is 317 g/mol. The maximum atomic E-state index is 5.78. The van der Waals surface area contributed by atoms with Crippen LogP contribution in [0, 0.1) is 5.41 Å². The Morgan fingerprint density at radius 3 is 2.00 bits per heavy atom. The summed E-state index contributed by atoms with van der Waals surface area (Å²) in [6.07, 6.45) is 2.75. The first-order valence-corrected chi connectivity index (χ1v) is 7.93. The van der Waals surface area contributed by atoms with E-state index in [1.807, 2.05) is 18.2 Å². The summed E-state index contributed by atoms with van der Waals surface area (Å²) in [5.74, 6) is 1.49. The van der Waals surface area contributed by atoms with Crippen molar-refractivity contribution in [1.29, 1.82) is 0 Å². The third-order valence-electron chi connectivity index (χ3n) is 3.54. The molecule has 22 heavy (non-hydrogen) atoms. The summed E-state index contributed by atoms with van der Waals surface area (Å²) in [5, 5.41) is 0.464. The van der Waals surface area contributed by atoms with Gasteiger partial charge in [-0.1, -0.05) is 58.4 Å². The van der Waals surface area contributed by atoms with E-state index in [9.17, 15) is 0 Å². The fourth-order valence-corrected chi connectivity index (χ4v) is 3.07. The summed E-state index contributed by atoms with van der Waals surface area (Å²) in [6.45, 7) is 11.4. The van der Waals surface area contributed by atoms with Gasteiger partial charge in [0.25, 0.3) is 0 Å². The van der Waals surface area contributed by atoms with Crippen molar-refractivity contribution >= 4 is 11.6 Å². The van der Waals surface area contributed by atoms with Gasteiger partial charge in [-0.15, -0.1) is 0 Å². The van der Waals surface area contributed by atoms with Crippen LogP contribution in [0.1, 0.15) is 46.6 Å². The molecule has 0 bridgehead atoms. The molecular formula is C19H24ClNO. The number of hydrogen-bond donors (Lipinski definition) is 0. The van der Waals surface area contributed by atoms with E-state index in [0.717, 1.165) is 12.2 Å². The van der Waals surface area contributed by atoms with Crippen molar-refractivity contribution in [3.8, 4) is 11.5 Å². The highest BCUT2D eigenvalue weighted by molar-refractivity contribution is 6.29. The molecule has 0 aliphatic heterocycles. The lowest BCUT2D eigenvalue weighted by molar-refractivity contribution is 0.284. The number of aromatic nitrogens is 1. The Hall–Kier alpha value is -1.54. The van der Waals surface area contributed by atoms with E-state index >= 15 is 0 Å². The third-order valence-corrected chi connectivity index (χ3v) is 3.77. The normalized spacial score (nSPS) is 12.3. The van der Waals surface area contributed by atoms with E-state index in [0.29, 0.717) is 16.3 Å². The van der Waals surface area contributed by atoms with Gasteiger partial charge in [0.1, 0.15) is 16.7 Å². The Morgan fingerprint density at radius 1 is 0.909 bits per heavy atom. The molecule has 1 aromatic heterocycles. The van der Waals surface area contributed by atoms with Crippen LogP contribution < -0.4 is 4.74 Å². The molecule has 2 rings (SSSR count). The first-order valence-electron chi connectivity index (χ1n) is 7.56. The van der Waals surface area contributed by atoms with Crippen molar-refractivity contribution in [3.63, 3.8) is 0 Å². The topological polar surface area (TPSA) is 22.1 Å². The van der Waals surface area contributed by atoms with Crippen molar-refractivity contribution in [2.24, 2.45) is 5.41 Å². The molecule has 0 saturated carbocycles. The Morgan fingerprint density at radius 2 is 1.50 bits per heavy atom. The SMILES string of the molecule is CC(C)(C)CC(C)(C)c1ccc(Oc2ccc(Cl)nc2)cc1. The molecule has 0 aliphatic rings. The fourth-order valence-electron chi connectivity index (χ4n) is 2.96. The minimum atomic E-state index is 0.138. The maximum Gasteiger partial charge on any atom is 0.145 e. The molecule has 0 spiro atoms. The Kier molecular flexibility index (Phi) is 4.81. The first-order chi connectivity index (χ1) is 10.2. The van der Waals surface area contributed by atoms with Crippen molar-refractivity contribution in [3.05, 3.63) is 53.3 Å². The van der Waals surface area contributed by atoms with Crippen molar-refractivity contribution in [2.45, 2.75) is 46.5 Å². The van der Waals surface area contributed by atoms with E-state index in [2.05, 4.69) is 51.7 Å². The van der Waals surface area contributed by atoms with Gasteiger partial charge in [0, 0.05) is 0 Å². The van der Waals surface area contributed by atoms with Crippen LogP contribution in [0.4, 0.5) is 0 Å². The van der Waals surface area contributed by atoms with E-state index in [1.165, 1.54) is 5.56 Å². The number of rotatable bonds is 4. The Labute approximate surface area is 138 Å². The quantitative estimate of drug-likeness (QED) is 0.622. The molecule has 0 radical (unpaired) electrons. The second-order valence-electron chi connectivity index (χ2n) is 7.56. The van der Waals surface area contributed by atoms with Gasteiger partial charge in [-0.3, -0.25) is 0 Å². The molecule has 3 heteroatoms. The average Bonchev–Trinajstić information content (AvgIpc) is 2.39. The smallest absolute Gasteiger partial charge is 0.145 e. The van der Waals surface area contributed by atoms with Gasteiger partial charge in [-0.2, -0.15) is 0 Å². The molecule has 0 amide bonds. The van der Waals surface area contributed by atoms with Crippen LogP contribution in [0.25, 0.3) is 0 Å². The first kappa shape index (κ1) is 16.8. The van der Waals surface area contributed by atoms with Gasteiger partial charge in [0.05, 0.1) is 6.20 Å². The second kappa shape index (κ2) is 6.29. The molecule has 0 unspecified atom stereocenters. The number of halogens is 1. The summed E-state index contributed by atoms with van der Waals surface area (Å²) < 4.78 is 5.78. The molecular weight excluding hydrogens is 294 g/mol. The van der Waals surface area contributed by atoms with Crippen LogP contribution >= 0.6 is 11.6 Å². The zero-order chi connectivity index (χ0) is 16.4. The summed E-state index contributed by atoms with van der Waals surface area (Å²) >= 11 is 5.77. The molecule has 2 nitrogen and oxygen atoms in total. The second-order valence-corrected chi connectivity index (χ2v) is 7.95. The number of benzene rings is 1. The maximum absolute atomic E-state index is 5.78. The largest absolute Gasteiger partial charge is 0.456 e. The van der Waals surface area contributed by atoms with E-state index in [1.54, 1.807) is 12.3 Å². The van der Waals surface area contributed by atoms with E-state index in [4.69, 9.17) is 16.3 Å². The summed E-state index contributed by atoms with van der Waals surface area (Å²) in [5.41, 5.74) is 1.76. The van der Waals surface area contributed by atoms with Gasteiger partial charge in [-0.25, -0.2) is 4.98 Å². The molecule has 0 fully saturated rings. The lowest BCUT2D eigenvalue weighted by Crippen LogP contribution is -2.24. The van der Waals surface area contributed by atoms with Gasteiger partial charge in [-0.05, 0) is 47.1 Å². The number of hydrogen-bond acceptors (Lipinski definition) is 2. The van der Waals surface area contributed by atoms with Crippen LogP contribution in [0.3, 0.4) is 0 Å². The highest BCUT2D eigenvalue weighted by Gasteiger charge is 2.27. The van der Waals surface area contributed by atoms with Crippen molar-refractivity contribution in [1.82, 2.24) is 4.98 Å². The van der Waals surface area contributed by atoms with Crippen LogP contribution in [0.15, 0.2) is 42.6 Å². The molecule has 1 aromatic carbocycles. The standard InChI is InChI=1S/C19H24ClNO/c1-18(2,3)13-19(4,5)14-6-8-15(9-7-14)22-16-10-11-17(20)21-12-16/h6-12H,13H2,1-5H3. The van der Waals surface area contributed by atoms with Gasteiger partial charge < -0.3 is 4.74 Å². The van der Waals surface area contributed by atoms with Crippen LogP contribution in [0.5, 0.6) is 11.5 Å². The molecule has 0 aliphatic carbocycles. The predicted molar refractivity (Wildman–Crippen MR) is 92.9 cm³/mol. The Balaban J connectivity index is 2.11. The van der Waals surface area contributed by atoms with Gasteiger partial charge in [0.2, 0.25) is 0 Å². The van der Waals surface area contributed by atoms with E-state index < -0.39 is 0 Å². The molecule has 118 valence electrons. The molecule has 1 heterocycles. The fraction of sp³-hybridized carbons (Fsp3) is 0.421. The lowest BCUT2D eigenvalue weighted by Gasteiger charge is -2.33. The van der Waals surface area contributed by atoms with E-state index in [-0.39, 0.29) is 5.41 Å². The highest BCUT2D eigenvalue weighted by atomic mass is 35.5. The summed E-state index contributed by atoms with van der Waals surface area (Å²) in [4.78, 5) is 4.01. The molecule has 0 saturated heterocycles. The molecule has 0 atom stereocenters. The number of pyridine rings is 1. The number of ether oxygens (including phenoxy) is 1. The van der Waals surface area contributed by atoms with Crippen molar-refractivity contribution < 1.29 is 4.74 Å². The van der Waals surface area contributed by atoms with Crippen molar-refractivity contribution in [2.75, 3.05) is 0 Å². The Bertz CT molecular complexity index is 609. The van der Waals surface area contributed by atoms with Crippen LogP contribution in [-0.4, -0.2) is 4.98 Å².